The molecule has 0 saturated heterocycles. The van der Waals surface area contributed by atoms with Crippen LogP contribution in [0.3, 0.4) is 0 Å². The maximum atomic E-state index is 13.6. The van der Waals surface area contributed by atoms with Crippen molar-refractivity contribution in [2.24, 2.45) is 0 Å². The predicted molar refractivity (Wildman–Crippen MR) is 110 cm³/mol. The first-order valence-corrected chi connectivity index (χ1v) is 10.6. The fraction of sp³-hybridized carbons (Fsp3) is 0.0476. The van der Waals surface area contributed by atoms with Crippen molar-refractivity contribution in [3.05, 3.63) is 95.3 Å². The van der Waals surface area contributed by atoms with Crippen LogP contribution in [0.2, 0.25) is 0 Å². The first-order valence-electron chi connectivity index (χ1n) is 9.13. The molecule has 7 nitrogen and oxygen atoms in total. The van der Waals surface area contributed by atoms with Gasteiger partial charge in [0.25, 0.3) is 21.8 Å². The van der Waals surface area contributed by atoms with Crippen molar-refractivity contribution in [3.63, 3.8) is 0 Å². The van der Waals surface area contributed by atoms with Gasteiger partial charge >= 0.3 is 6.18 Å². The summed E-state index contributed by atoms with van der Waals surface area (Å²) >= 11 is 0. The number of halogens is 4. The minimum absolute atomic E-state index is 0.0400. The molecule has 3 N–H and O–H groups in total. The Morgan fingerprint density at radius 3 is 2.06 bits per heavy atom. The zero-order chi connectivity index (χ0) is 24.2. The highest BCUT2D eigenvalue weighted by molar-refractivity contribution is 7.92. The van der Waals surface area contributed by atoms with Crippen LogP contribution in [0.15, 0.2) is 77.7 Å². The third-order valence-electron chi connectivity index (χ3n) is 4.28. The van der Waals surface area contributed by atoms with Gasteiger partial charge in [0.2, 0.25) is 0 Å². The number of sulfonamides is 1. The Kier molecular flexibility index (Phi) is 6.68. The molecule has 0 unspecified atom stereocenters. The van der Waals surface area contributed by atoms with E-state index in [-0.39, 0.29) is 21.7 Å². The van der Waals surface area contributed by atoms with Gasteiger partial charge < -0.3 is 0 Å². The summed E-state index contributed by atoms with van der Waals surface area (Å²) in [6, 6.07) is 13.2. The van der Waals surface area contributed by atoms with Crippen LogP contribution in [-0.4, -0.2) is 20.2 Å². The van der Waals surface area contributed by atoms with Gasteiger partial charge in [0.15, 0.2) is 0 Å². The first-order chi connectivity index (χ1) is 15.5. The minimum Gasteiger partial charge on any atom is -0.280 e. The van der Waals surface area contributed by atoms with Crippen LogP contribution in [0.1, 0.15) is 26.3 Å². The Bertz CT molecular complexity index is 1290. The highest BCUT2D eigenvalue weighted by Crippen LogP contribution is 2.31. The zero-order valence-corrected chi connectivity index (χ0v) is 17.3. The monoisotopic (exact) mass is 481 g/mol. The smallest absolute Gasteiger partial charge is 0.280 e. The van der Waals surface area contributed by atoms with Gasteiger partial charge in [-0.15, -0.1) is 0 Å². The summed E-state index contributed by atoms with van der Waals surface area (Å²) < 4.78 is 79.0. The summed E-state index contributed by atoms with van der Waals surface area (Å²) in [6.45, 7) is 0. The van der Waals surface area contributed by atoms with Crippen LogP contribution in [0.5, 0.6) is 0 Å². The summed E-state index contributed by atoms with van der Waals surface area (Å²) in [5, 5.41) is 0. The van der Waals surface area contributed by atoms with E-state index in [1.54, 1.807) is 0 Å². The molecular formula is C21H15F4N3O4S. The molecule has 0 heterocycles. The van der Waals surface area contributed by atoms with E-state index in [4.69, 9.17) is 0 Å². The van der Waals surface area contributed by atoms with Gasteiger partial charge in [-0.1, -0.05) is 18.2 Å². The Labute approximate surface area is 185 Å². The first kappa shape index (κ1) is 23.7. The SMILES string of the molecule is O=C(NNC(=O)c1ccccc1F)c1ccc(S(=O)(=O)Nc2cccc(C(F)(F)F)c2)cc1. The van der Waals surface area contributed by atoms with Crippen molar-refractivity contribution in [2.45, 2.75) is 11.1 Å². The van der Waals surface area contributed by atoms with E-state index in [2.05, 4.69) is 5.43 Å². The third-order valence-corrected chi connectivity index (χ3v) is 5.67. The number of carbonyl (C=O) groups is 2. The van der Waals surface area contributed by atoms with E-state index in [9.17, 15) is 35.6 Å². The summed E-state index contributed by atoms with van der Waals surface area (Å²) in [7, 11) is -4.25. The van der Waals surface area contributed by atoms with Crippen LogP contribution in [-0.2, 0) is 16.2 Å². The van der Waals surface area contributed by atoms with Crippen LogP contribution in [0, 0.1) is 5.82 Å². The van der Waals surface area contributed by atoms with Gasteiger partial charge in [0.05, 0.1) is 16.0 Å². The van der Waals surface area contributed by atoms with Crippen molar-refractivity contribution in [3.8, 4) is 0 Å². The summed E-state index contributed by atoms with van der Waals surface area (Å²) in [5.41, 5.74) is 2.46. The fourth-order valence-electron chi connectivity index (χ4n) is 2.66. The van der Waals surface area contributed by atoms with E-state index in [1.807, 2.05) is 10.1 Å². The van der Waals surface area contributed by atoms with Crippen molar-refractivity contribution < 1.29 is 35.6 Å². The number of hydrogen-bond donors (Lipinski definition) is 3. The molecule has 33 heavy (non-hydrogen) atoms. The lowest BCUT2D eigenvalue weighted by molar-refractivity contribution is -0.137. The van der Waals surface area contributed by atoms with Crippen molar-refractivity contribution in [1.29, 1.82) is 0 Å². The number of nitrogens with one attached hydrogen (secondary N) is 3. The second kappa shape index (κ2) is 9.28. The normalized spacial score (nSPS) is 11.5. The van der Waals surface area contributed by atoms with Gasteiger partial charge in [0.1, 0.15) is 5.82 Å². The van der Waals surface area contributed by atoms with E-state index in [1.165, 1.54) is 18.2 Å². The molecule has 3 aromatic rings. The quantitative estimate of drug-likeness (QED) is 0.382. The molecule has 3 rings (SSSR count). The topological polar surface area (TPSA) is 104 Å². The van der Waals surface area contributed by atoms with Crippen LogP contribution in [0.4, 0.5) is 23.2 Å². The number of hydrazine groups is 1. The predicted octanol–water partition coefficient (Wildman–Crippen LogP) is 3.72. The molecule has 0 atom stereocenters. The second-order valence-corrected chi connectivity index (χ2v) is 8.28. The summed E-state index contributed by atoms with van der Waals surface area (Å²) in [4.78, 5) is 23.8. The molecule has 0 saturated carbocycles. The molecule has 0 aromatic heterocycles. The molecule has 0 aliphatic heterocycles. The summed E-state index contributed by atoms with van der Waals surface area (Å²) in [5.74, 6) is -2.49. The molecule has 0 radical (unpaired) electrons. The number of carbonyl (C=O) groups excluding carboxylic acids is 2. The van der Waals surface area contributed by atoms with Gasteiger partial charge in [-0.2, -0.15) is 13.2 Å². The molecule has 2 amide bonds. The lowest BCUT2D eigenvalue weighted by Gasteiger charge is -2.12. The Morgan fingerprint density at radius 2 is 1.42 bits per heavy atom. The molecular weight excluding hydrogens is 466 g/mol. The maximum absolute atomic E-state index is 13.6. The minimum atomic E-state index is -4.64. The molecule has 0 spiro atoms. The summed E-state index contributed by atoms with van der Waals surface area (Å²) in [6.07, 6.45) is -4.64. The molecule has 3 aromatic carbocycles. The lowest BCUT2D eigenvalue weighted by Crippen LogP contribution is -2.41. The molecule has 172 valence electrons. The maximum Gasteiger partial charge on any atom is 0.416 e. The Hall–Kier alpha value is -3.93. The highest BCUT2D eigenvalue weighted by atomic mass is 32.2. The number of amides is 2. The third kappa shape index (κ3) is 5.86. The van der Waals surface area contributed by atoms with Gasteiger partial charge in [0, 0.05) is 11.3 Å². The van der Waals surface area contributed by atoms with E-state index in [0.717, 1.165) is 48.5 Å². The number of rotatable bonds is 5. The van der Waals surface area contributed by atoms with E-state index < -0.39 is 39.4 Å². The van der Waals surface area contributed by atoms with Crippen LogP contribution >= 0.6 is 0 Å². The number of anilines is 1. The van der Waals surface area contributed by atoms with Gasteiger partial charge in [-0.3, -0.25) is 25.2 Å². The Balaban J connectivity index is 1.67. The van der Waals surface area contributed by atoms with E-state index in [0.29, 0.717) is 6.07 Å². The molecule has 0 bridgehead atoms. The van der Waals surface area contributed by atoms with Crippen molar-refractivity contribution in [2.75, 3.05) is 4.72 Å². The lowest BCUT2D eigenvalue weighted by atomic mass is 10.2. The number of benzene rings is 3. The largest absolute Gasteiger partial charge is 0.416 e. The van der Waals surface area contributed by atoms with Gasteiger partial charge in [-0.25, -0.2) is 12.8 Å². The van der Waals surface area contributed by atoms with Crippen LogP contribution < -0.4 is 15.6 Å². The van der Waals surface area contributed by atoms with Gasteiger partial charge in [-0.05, 0) is 54.6 Å². The fourth-order valence-corrected chi connectivity index (χ4v) is 3.71. The zero-order valence-electron chi connectivity index (χ0n) is 16.5. The average Bonchev–Trinajstić information content (AvgIpc) is 2.77. The number of hydrogen-bond acceptors (Lipinski definition) is 4. The van der Waals surface area contributed by atoms with E-state index >= 15 is 0 Å². The molecule has 0 aliphatic rings. The van der Waals surface area contributed by atoms with Crippen molar-refractivity contribution in [1.82, 2.24) is 10.9 Å². The molecule has 0 aliphatic carbocycles. The highest BCUT2D eigenvalue weighted by Gasteiger charge is 2.30. The second-order valence-electron chi connectivity index (χ2n) is 6.60. The standard InChI is InChI=1S/C21H15F4N3O4S/c22-18-7-2-1-6-17(18)20(30)27-26-19(29)13-8-10-16(11-9-13)33(31,32)28-15-5-3-4-14(12-15)21(23,24)25/h1-12,28H,(H,26,29)(H,27,30). The Morgan fingerprint density at radius 1 is 0.788 bits per heavy atom. The van der Waals surface area contributed by atoms with Crippen LogP contribution in [0.25, 0.3) is 0 Å². The van der Waals surface area contributed by atoms with Crippen molar-refractivity contribution >= 4 is 27.5 Å². The average molecular weight is 481 g/mol. The molecule has 0 fully saturated rings. The number of alkyl halides is 3. The molecule has 12 heteroatoms.